The van der Waals surface area contributed by atoms with Crippen molar-refractivity contribution < 1.29 is 9.53 Å². The molecular weight excluding hydrogens is 200 g/mol. The van der Waals surface area contributed by atoms with E-state index in [0.717, 1.165) is 4.88 Å². The molecule has 0 radical (unpaired) electrons. The van der Waals surface area contributed by atoms with Crippen molar-refractivity contribution in [3.63, 3.8) is 0 Å². The van der Waals surface area contributed by atoms with Crippen molar-refractivity contribution >= 4 is 17.4 Å². The summed E-state index contributed by atoms with van der Waals surface area (Å²) >= 11 is 1.61. The average molecular weight is 212 g/mol. The fraction of sp³-hybridized carbons (Fsp3) is 0.444. The van der Waals surface area contributed by atoms with E-state index in [4.69, 9.17) is 10.5 Å². The third-order valence-corrected chi connectivity index (χ3v) is 3.11. The standard InChI is InChI=1S/C9H12N2O2S/c10-3-4-11-6-7(13-9(11)12)8-2-1-5-14-8/h1-2,5,7H,3-4,6,10H2. The lowest BCUT2D eigenvalue weighted by atomic mass is 10.3. The minimum atomic E-state index is -0.256. The summed E-state index contributed by atoms with van der Waals surface area (Å²) in [5.41, 5.74) is 5.39. The molecular formula is C9H12N2O2S. The Hall–Kier alpha value is -1.07. The van der Waals surface area contributed by atoms with E-state index in [9.17, 15) is 4.79 Å². The second kappa shape index (κ2) is 3.98. The van der Waals surface area contributed by atoms with Crippen LogP contribution in [-0.4, -0.2) is 30.6 Å². The molecule has 0 spiro atoms. The lowest BCUT2D eigenvalue weighted by Crippen LogP contribution is -2.30. The number of carbonyl (C=O) groups is 1. The van der Waals surface area contributed by atoms with E-state index >= 15 is 0 Å². The lowest BCUT2D eigenvalue weighted by Gasteiger charge is -2.09. The molecule has 2 N–H and O–H groups in total. The van der Waals surface area contributed by atoms with Crippen molar-refractivity contribution in [2.75, 3.05) is 19.6 Å². The summed E-state index contributed by atoms with van der Waals surface area (Å²) in [6.45, 7) is 1.67. The van der Waals surface area contributed by atoms with Gasteiger partial charge in [-0.3, -0.25) is 0 Å². The van der Waals surface area contributed by atoms with Crippen molar-refractivity contribution in [3.8, 4) is 0 Å². The van der Waals surface area contributed by atoms with Gasteiger partial charge in [0.25, 0.3) is 0 Å². The Balaban J connectivity index is 2.03. The molecule has 1 aromatic heterocycles. The molecule has 4 nitrogen and oxygen atoms in total. The maximum atomic E-state index is 11.3. The number of cyclic esters (lactones) is 1. The second-order valence-electron chi connectivity index (χ2n) is 3.12. The molecule has 1 atom stereocenters. The number of hydrogen-bond acceptors (Lipinski definition) is 4. The topological polar surface area (TPSA) is 55.6 Å². The van der Waals surface area contributed by atoms with Crippen molar-refractivity contribution in [2.24, 2.45) is 5.73 Å². The summed E-state index contributed by atoms with van der Waals surface area (Å²) in [5.74, 6) is 0. The van der Waals surface area contributed by atoms with Crippen LogP contribution >= 0.6 is 11.3 Å². The fourth-order valence-electron chi connectivity index (χ4n) is 1.47. The van der Waals surface area contributed by atoms with Crippen LogP contribution in [0.25, 0.3) is 0 Å². The van der Waals surface area contributed by atoms with E-state index in [-0.39, 0.29) is 12.2 Å². The SMILES string of the molecule is NCCN1CC(c2cccs2)OC1=O. The van der Waals surface area contributed by atoms with Crippen LogP contribution in [0.2, 0.25) is 0 Å². The molecule has 76 valence electrons. The quantitative estimate of drug-likeness (QED) is 0.819. The molecule has 1 amide bonds. The van der Waals surface area contributed by atoms with Crippen LogP contribution in [0.15, 0.2) is 17.5 Å². The number of thiophene rings is 1. The molecule has 14 heavy (non-hydrogen) atoms. The highest BCUT2D eigenvalue weighted by Gasteiger charge is 2.31. The summed E-state index contributed by atoms with van der Waals surface area (Å²) in [4.78, 5) is 14.1. The van der Waals surface area contributed by atoms with E-state index in [1.807, 2.05) is 17.5 Å². The van der Waals surface area contributed by atoms with Crippen LogP contribution < -0.4 is 5.73 Å². The summed E-state index contributed by atoms with van der Waals surface area (Å²) in [6, 6.07) is 3.94. The van der Waals surface area contributed by atoms with Gasteiger partial charge in [0.2, 0.25) is 0 Å². The van der Waals surface area contributed by atoms with E-state index < -0.39 is 0 Å². The zero-order chi connectivity index (χ0) is 9.97. The predicted octanol–water partition coefficient (Wildman–Crippen LogP) is 1.20. The molecule has 0 aliphatic carbocycles. The smallest absolute Gasteiger partial charge is 0.410 e. The molecule has 1 fully saturated rings. The predicted molar refractivity (Wildman–Crippen MR) is 54.2 cm³/mol. The third-order valence-electron chi connectivity index (χ3n) is 2.15. The molecule has 0 bridgehead atoms. The molecule has 5 heteroatoms. The summed E-state index contributed by atoms with van der Waals surface area (Å²) in [5, 5.41) is 1.98. The fourth-order valence-corrected chi connectivity index (χ4v) is 2.21. The van der Waals surface area contributed by atoms with Crippen molar-refractivity contribution in [1.29, 1.82) is 0 Å². The van der Waals surface area contributed by atoms with Crippen molar-refractivity contribution in [1.82, 2.24) is 4.90 Å². The van der Waals surface area contributed by atoms with E-state index in [1.54, 1.807) is 16.2 Å². The highest BCUT2D eigenvalue weighted by atomic mass is 32.1. The van der Waals surface area contributed by atoms with Gasteiger partial charge in [-0.2, -0.15) is 0 Å². The van der Waals surface area contributed by atoms with Gasteiger partial charge < -0.3 is 15.4 Å². The summed E-state index contributed by atoms with van der Waals surface area (Å²) in [6.07, 6.45) is -0.358. The van der Waals surface area contributed by atoms with Crippen LogP contribution in [0.4, 0.5) is 4.79 Å². The van der Waals surface area contributed by atoms with Gasteiger partial charge in [0.05, 0.1) is 6.54 Å². The number of rotatable bonds is 3. The Labute approximate surface area is 86.3 Å². The minimum absolute atomic E-state index is 0.103. The molecule has 0 saturated carbocycles. The molecule has 1 aliphatic rings. The summed E-state index contributed by atoms with van der Waals surface area (Å²) in [7, 11) is 0. The van der Waals surface area contributed by atoms with Gasteiger partial charge in [0.15, 0.2) is 6.10 Å². The Kier molecular flexibility index (Phi) is 2.69. The molecule has 2 rings (SSSR count). The van der Waals surface area contributed by atoms with Crippen LogP contribution in [-0.2, 0) is 4.74 Å². The molecule has 1 saturated heterocycles. The van der Waals surface area contributed by atoms with Gasteiger partial charge in [0, 0.05) is 18.0 Å². The average Bonchev–Trinajstić information content (AvgIpc) is 2.76. The first kappa shape index (κ1) is 9.48. The first-order valence-electron chi connectivity index (χ1n) is 4.50. The Bertz CT molecular complexity index is 313. The summed E-state index contributed by atoms with van der Waals surface area (Å²) < 4.78 is 5.21. The minimum Gasteiger partial charge on any atom is -0.438 e. The van der Waals surface area contributed by atoms with Gasteiger partial charge in [-0.05, 0) is 11.4 Å². The normalized spacial score (nSPS) is 21.4. The highest BCUT2D eigenvalue weighted by Crippen LogP contribution is 2.28. The van der Waals surface area contributed by atoms with Crippen LogP contribution in [0.3, 0.4) is 0 Å². The van der Waals surface area contributed by atoms with Gasteiger partial charge in [-0.15, -0.1) is 11.3 Å². The van der Waals surface area contributed by atoms with Gasteiger partial charge in [-0.1, -0.05) is 6.07 Å². The van der Waals surface area contributed by atoms with Crippen LogP contribution in [0.5, 0.6) is 0 Å². The van der Waals surface area contributed by atoms with Crippen molar-refractivity contribution in [3.05, 3.63) is 22.4 Å². The van der Waals surface area contributed by atoms with E-state index in [2.05, 4.69) is 0 Å². The molecule has 1 aliphatic heterocycles. The van der Waals surface area contributed by atoms with E-state index in [0.29, 0.717) is 19.6 Å². The molecule has 1 unspecified atom stereocenters. The van der Waals surface area contributed by atoms with Crippen LogP contribution in [0, 0.1) is 0 Å². The lowest BCUT2D eigenvalue weighted by molar-refractivity contribution is 0.134. The molecule has 1 aromatic rings. The molecule has 2 heterocycles. The largest absolute Gasteiger partial charge is 0.438 e. The number of hydrogen-bond donors (Lipinski definition) is 1. The first-order valence-corrected chi connectivity index (χ1v) is 5.38. The Morgan fingerprint density at radius 2 is 2.57 bits per heavy atom. The van der Waals surface area contributed by atoms with E-state index in [1.165, 1.54) is 0 Å². The maximum Gasteiger partial charge on any atom is 0.410 e. The number of nitrogens with zero attached hydrogens (tertiary/aromatic N) is 1. The Morgan fingerprint density at radius 3 is 3.21 bits per heavy atom. The Morgan fingerprint density at radius 1 is 1.71 bits per heavy atom. The zero-order valence-electron chi connectivity index (χ0n) is 7.68. The first-order chi connectivity index (χ1) is 6.81. The van der Waals surface area contributed by atoms with Crippen molar-refractivity contribution in [2.45, 2.75) is 6.10 Å². The highest BCUT2D eigenvalue weighted by molar-refractivity contribution is 7.10. The second-order valence-corrected chi connectivity index (χ2v) is 4.10. The number of carbonyl (C=O) groups excluding carboxylic acids is 1. The van der Waals surface area contributed by atoms with Crippen LogP contribution in [0.1, 0.15) is 11.0 Å². The van der Waals surface area contributed by atoms with Gasteiger partial charge in [-0.25, -0.2) is 4.79 Å². The molecule has 0 aromatic carbocycles. The van der Waals surface area contributed by atoms with Gasteiger partial charge >= 0.3 is 6.09 Å². The van der Waals surface area contributed by atoms with Gasteiger partial charge in [0.1, 0.15) is 0 Å². The number of ether oxygens (including phenoxy) is 1. The maximum absolute atomic E-state index is 11.3. The third kappa shape index (κ3) is 1.73. The number of nitrogens with two attached hydrogens (primary N) is 1. The monoisotopic (exact) mass is 212 g/mol. The number of amides is 1. The zero-order valence-corrected chi connectivity index (χ0v) is 8.50.